The van der Waals surface area contributed by atoms with Gasteiger partial charge >= 0.3 is 0 Å². The standard InChI is InChI=1S/C13H17ClN2S/c1-3-10-7-8-17-13(15-10)16-12-9(2)5-4-6-11(12)14/h4-6,10H,3,7-8H2,1-2H3,(H,15,16). The second-order valence-electron chi connectivity index (χ2n) is 4.19. The van der Waals surface area contributed by atoms with Crippen LogP contribution in [0.5, 0.6) is 0 Å². The van der Waals surface area contributed by atoms with Crippen LogP contribution in [-0.4, -0.2) is 17.0 Å². The predicted molar refractivity (Wildman–Crippen MR) is 78.4 cm³/mol. The number of para-hydroxylation sites is 1. The molecule has 0 saturated heterocycles. The van der Waals surface area contributed by atoms with Crippen LogP contribution in [0.4, 0.5) is 5.69 Å². The van der Waals surface area contributed by atoms with Crippen LogP contribution in [0.1, 0.15) is 25.3 Å². The maximum atomic E-state index is 6.19. The Balaban J connectivity index is 2.18. The SMILES string of the molecule is CCC1CCSC(Nc2c(C)cccc2Cl)=N1. The molecule has 0 aromatic heterocycles. The number of benzene rings is 1. The molecule has 1 aliphatic rings. The van der Waals surface area contributed by atoms with Gasteiger partial charge in [0.05, 0.1) is 16.8 Å². The Hall–Kier alpha value is -0.670. The van der Waals surface area contributed by atoms with Crippen LogP contribution in [0, 0.1) is 6.92 Å². The molecule has 1 aliphatic heterocycles. The fraction of sp³-hybridized carbons (Fsp3) is 0.462. The lowest BCUT2D eigenvalue weighted by molar-refractivity contribution is 0.634. The van der Waals surface area contributed by atoms with E-state index >= 15 is 0 Å². The molecule has 1 atom stereocenters. The van der Waals surface area contributed by atoms with Crippen LogP contribution < -0.4 is 5.32 Å². The van der Waals surface area contributed by atoms with E-state index in [1.807, 2.05) is 12.1 Å². The van der Waals surface area contributed by atoms with Gasteiger partial charge in [0.2, 0.25) is 0 Å². The van der Waals surface area contributed by atoms with Crippen molar-refractivity contribution in [3.63, 3.8) is 0 Å². The third-order valence-corrected chi connectivity index (χ3v) is 4.15. The summed E-state index contributed by atoms with van der Waals surface area (Å²) in [5, 5.41) is 5.12. The van der Waals surface area contributed by atoms with Crippen LogP contribution >= 0.6 is 23.4 Å². The Labute approximate surface area is 112 Å². The highest BCUT2D eigenvalue weighted by atomic mass is 35.5. The first-order valence-corrected chi connectivity index (χ1v) is 7.29. The number of aryl methyl sites for hydroxylation is 1. The van der Waals surface area contributed by atoms with Crippen molar-refractivity contribution in [2.24, 2.45) is 4.99 Å². The van der Waals surface area contributed by atoms with Crippen molar-refractivity contribution in [1.82, 2.24) is 0 Å². The van der Waals surface area contributed by atoms with Crippen LogP contribution in [-0.2, 0) is 0 Å². The summed E-state index contributed by atoms with van der Waals surface area (Å²) >= 11 is 7.97. The number of halogens is 1. The van der Waals surface area contributed by atoms with E-state index < -0.39 is 0 Å². The van der Waals surface area contributed by atoms with E-state index in [0.717, 1.165) is 33.6 Å². The predicted octanol–water partition coefficient (Wildman–Crippen LogP) is 4.33. The largest absolute Gasteiger partial charge is 0.334 e. The average molecular weight is 269 g/mol. The minimum Gasteiger partial charge on any atom is -0.334 e. The minimum atomic E-state index is 0.460. The first-order valence-electron chi connectivity index (χ1n) is 5.93. The molecule has 0 aliphatic carbocycles. The van der Waals surface area contributed by atoms with Gasteiger partial charge in [-0.1, -0.05) is 42.4 Å². The Morgan fingerprint density at radius 2 is 2.35 bits per heavy atom. The Morgan fingerprint density at radius 1 is 1.53 bits per heavy atom. The summed E-state index contributed by atoms with van der Waals surface area (Å²) in [5.74, 6) is 1.13. The topological polar surface area (TPSA) is 24.4 Å². The molecular weight excluding hydrogens is 252 g/mol. The molecule has 0 radical (unpaired) electrons. The minimum absolute atomic E-state index is 0.460. The van der Waals surface area contributed by atoms with E-state index in [-0.39, 0.29) is 0 Å². The molecule has 0 fully saturated rings. The van der Waals surface area contributed by atoms with E-state index in [9.17, 15) is 0 Å². The zero-order valence-corrected chi connectivity index (χ0v) is 11.7. The lowest BCUT2D eigenvalue weighted by atomic mass is 10.2. The van der Waals surface area contributed by atoms with E-state index in [1.165, 1.54) is 6.42 Å². The molecule has 1 unspecified atom stereocenters. The van der Waals surface area contributed by atoms with Gasteiger partial charge in [0.1, 0.15) is 0 Å². The molecule has 1 N–H and O–H groups in total. The van der Waals surface area contributed by atoms with Crippen molar-refractivity contribution in [3.8, 4) is 0 Å². The maximum absolute atomic E-state index is 6.19. The number of nitrogens with one attached hydrogen (secondary N) is 1. The van der Waals surface area contributed by atoms with Crippen LogP contribution in [0.25, 0.3) is 0 Å². The lowest BCUT2D eigenvalue weighted by Crippen LogP contribution is -2.20. The number of anilines is 1. The summed E-state index contributed by atoms with van der Waals surface area (Å²) in [6.45, 7) is 4.24. The van der Waals surface area contributed by atoms with Gasteiger partial charge in [-0.2, -0.15) is 0 Å². The molecule has 0 bridgehead atoms. The molecule has 2 nitrogen and oxygen atoms in total. The first-order chi connectivity index (χ1) is 8.20. The van der Waals surface area contributed by atoms with Gasteiger partial charge in [-0.05, 0) is 31.4 Å². The fourth-order valence-electron chi connectivity index (χ4n) is 1.82. The molecule has 1 aromatic carbocycles. The molecule has 2 rings (SSSR count). The highest BCUT2D eigenvalue weighted by molar-refractivity contribution is 8.14. The Morgan fingerprint density at radius 3 is 3.06 bits per heavy atom. The molecular formula is C13H17ClN2S. The van der Waals surface area contributed by atoms with Crippen molar-refractivity contribution in [1.29, 1.82) is 0 Å². The molecule has 1 aromatic rings. The van der Waals surface area contributed by atoms with Crippen molar-refractivity contribution in [2.75, 3.05) is 11.1 Å². The van der Waals surface area contributed by atoms with Crippen molar-refractivity contribution >= 4 is 34.2 Å². The number of aliphatic imine (C=N–C) groups is 1. The quantitative estimate of drug-likeness (QED) is 0.863. The van der Waals surface area contributed by atoms with Gasteiger partial charge < -0.3 is 5.32 Å². The summed E-state index contributed by atoms with van der Waals surface area (Å²) in [5.41, 5.74) is 2.14. The van der Waals surface area contributed by atoms with E-state index in [0.29, 0.717) is 6.04 Å². The maximum Gasteiger partial charge on any atom is 0.161 e. The third kappa shape index (κ3) is 3.17. The summed E-state index contributed by atoms with van der Waals surface area (Å²) in [4.78, 5) is 4.69. The lowest BCUT2D eigenvalue weighted by Gasteiger charge is -2.20. The van der Waals surface area contributed by atoms with Crippen molar-refractivity contribution in [3.05, 3.63) is 28.8 Å². The van der Waals surface area contributed by atoms with Crippen LogP contribution in [0.15, 0.2) is 23.2 Å². The van der Waals surface area contributed by atoms with Crippen molar-refractivity contribution < 1.29 is 0 Å². The first kappa shape index (κ1) is 12.8. The summed E-state index contributed by atoms with van der Waals surface area (Å²) in [6, 6.07) is 6.39. The molecule has 1 heterocycles. The number of hydrogen-bond donors (Lipinski definition) is 1. The van der Waals surface area contributed by atoms with Gasteiger partial charge in [-0.25, -0.2) is 0 Å². The summed E-state index contributed by atoms with van der Waals surface area (Å²) in [7, 11) is 0. The fourth-order valence-corrected chi connectivity index (χ4v) is 3.07. The average Bonchev–Trinajstić information content (AvgIpc) is 2.34. The number of thioether (sulfide) groups is 1. The summed E-state index contributed by atoms with van der Waals surface area (Å²) in [6.07, 6.45) is 2.28. The van der Waals surface area contributed by atoms with Gasteiger partial charge in [-0.3, -0.25) is 4.99 Å². The van der Waals surface area contributed by atoms with Crippen molar-refractivity contribution in [2.45, 2.75) is 32.7 Å². The monoisotopic (exact) mass is 268 g/mol. The second kappa shape index (κ2) is 5.78. The third-order valence-electron chi connectivity index (χ3n) is 2.91. The molecule has 0 amide bonds. The van der Waals surface area contributed by atoms with E-state index in [2.05, 4.69) is 30.2 Å². The van der Waals surface area contributed by atoms with E-state index in [4.69, 9.17) is 11.6 Å². The zero-order chi connectivity index (χ0) is 12.3. The van der Waals surface area contributed by atoms with Crippen LogP contribution in [0.3, 0.4) is 0 Å². The van der Waals surface area contributed by atoms with Gasteiger partial charge in [0.15, 0.2) is 5.17 Å². The normalized spacial score (nSPS) is 19.9. The number of rotatable bonds is 2. The Bertz CT molecular complexity index is 411. The zero-order valence-electron chi connectivity index (χ0n) is 10.2. The van der Waals surface area contributed by atoms with E-state index in [1.54, 1.807) is 11.8 Å². The molecule has 4 heteroatoms. The van der Waals surface area contributed by atoms with Gasteiger partial charge in [0, 0.05) is 5.75 Å². The number of hydrogen-bond acceptors (Lipinski definition) is 3. The highest BCUT2D eigenvalue weighted by Crippen LogP contribution is 2.28. The van der Waals surface area contributed by atoms with Gasteiger partial charge in [-0.15, -0.1) is 0 Å². The highest BCUT2D eigenvalue weighted by Gasteiger charge is 2.15. The number of nitrogens with zero attached hydrogens (tertiary/aromatic N) is 1. The molecule has 17 heavy (non-hydrogen) atoms. The molecule has 0 spiro atoms. The Kier molecular flexibility index (Phi) is 4.35. The second-order valence-corrected chi connectivity index (χ2v) is 5.68. The van der Waals surface area contributed by atoms with Crippen LogP contribution in [0.2, 0.25) is 5.02 Å². The summed E-state index contributed by atoms with van der Waals surface area (Å²) < 4.78 is 0. The smallest absolute Gasteiger partial charge is 0.161 e. The van der Waals surface area contributed by atoms with Gasteiger partial charge in [0.25, 0.3) is 0 Å². The molecule has 92 valence electrons. The number of amidine groups is 1. The molecule has 0 saturated carbocycles.